The Labute approximate surface area is 227 Å². The minimum atomic E-state index is -4.34. The molecule has 6 nitrogen and oxygen atoms in total. The summed E-state index contributed by atoms with van der Waals surface area (Å²) in [6, 6.07) is 11.2. The maximum Gasteiger partial charge on any atom is 0.416 e. The molecule has 2 aromatic carbocycles. The number of aliphatic hydroxyl groups is 1. The van der Waals surface area contributed by atoms with E-state index in [9.17, 15) is 18.3 Å². The molecule has 0 unspecified atom stereocenters. The predicted molar refractivity (Wildman–Crippen MR) is 145 cm³/mol. The highest BCUT2D eigenvalue weighted by Crippen LogP contribution is 2.32. The van der Waals surface area contributed by atoms with E-state index in [2.05, 4.69) is 26.7 Å². The molecule has 5 rings (SSSR count). The maximum atomic E-state index is 12.8. The zero-order chi connectivity index (χ0) is 26.9. The summed E-state index contributed by atoms with van der Waals surface area (Å²) in [5, 5.41) is 14.3. The number of rotatable bonds is 8. The van der Waals surface area contributed by atoms with E-state index >= 15 is 0 Å². The van der Waals surface area contributed by atoms with E-state index < -0.39 is 17.8 Å². The monoisotopic (exact) mass is 562 g/mol. The number of thiazole rings is 2. The molecule has 11 heteroatoms. The molecule has 0 bridgehead atoms. The lowest BCUT2D eigenvalue weighted by atomic mass is 10.1. The second-order valence-corrected chi connectivity index (χ2v) is 11.7. The van der Waals surface area contributed by atoms with Gasteiger partial charge in [0.2, 0.25) is 0 Å². The van der Waals surface area contributed by atoms with Gasteiger partial charge in [-0.2, -0.15) is 13.2 Å². The number of alkyl halides is 3. The van der Waals surface area contributed by atoms with Crippen LogP contribution in [0.25, 0.3) is 20.8 Å². The smallest absolute Gasteiger partial charge is 0.416 e. The fourth-order valence-corrected chi connectivity index (χ4v) is 6.27. The molecule has 0 saturated carbocycles. The summed E-state index contributed by atoms with van der Waals surface area (Å²) in [5.74, 6) is 0.707. The molecule has 0 spiro atoms. The number of fused-ring (bicyclic) bond motifs is 1. The molecule has 0 amide bonds. The van der Waals surface area contributed by atoms with Crippen LogP contribution in [0.3, 0.4) is 0 Å². The first kappa shape index (κ1) is 27.0. The van der Waals surface area contributed by atoms with Crippen molar-refractivity contribution in [2.45, 2.75) is 38.7 Å². The highest BCUT2D eigenvalue weighted by Gasteiger charge is 2.30. The fourth-order valence-electron chi connectivity index (χ4n) is 4.65. The number of ether oxygens (including phenoxy) is 1. The molecule has 2 aromatic heterocycles. The summed E-state index contributed by atoms with van der Waals surface area (Å²) in [4.78, 5) is 13.7. The highest BCUT2D eigenvalue weighted by atomic mass is 32.1. The number of aliphatic hydroxyl groups excluding tert-OH is 1. The van der Waals surface area contributed by atoms with Crippen molar-refractivity contribution in [3.8, 4) is 16.3 Å². The van der Waals surface area contributed by atoms with Gasteiger partial charge in [-0.25, -0.2) is 9.97 Å². The third kappa shape index (κ3) is 6.52. The van der Waals surface area contributed by atoms with Gasteiger partial charge in [0.15, 0.2) is 0 Å². The summed E-state index contributed by atoms with van der Waals surface area (Å²) in [6.45, 7) is 8.03. The maximum absolute atomic E-state index is 12.8. The van der Waals surface area contributed by atoms with E-state index in [1.54, 1.807) is 11.3 Å². The van der Waals surface area contributed by atoms with Gasteiger partial charge < -0.3 is 9.84 Å². The van der Waals surface area contributed by atoms with Crippen molar-refractivity contribution in [1.29, 1.82) is 0 Å². The largest absolute Gasteiger partial charge is 0.491 e. The van der Waals surface area contributed by atoms with E-state index in [4.69, 9.17) is 4.74 Å². The van der Waals surface area contributed by atoms with Crippen LogP contribution in [0.15, 0.2) is 47.8 Å². The summed E-state index contributed by atoms with van der Waals surface area (Å²) < 4.78 is 45.5. The molecule has 1 aliphatic rings. The number of piperazine rings is 1. The fraction of sp³-hybridized carbons (Fsp3) is 0.407. The second-order valence-electron chi connectivity index (χ2n) is 9.63. The average Bonchev–Trinajstić information content (AvgIpc) is 3.49. The van der Waals surface area contributed by atoms with Crippen LogP contribution in [-0.4, -0.2) is 69.8 Å². The molecular formula is C27H29F3N4O2S2. The van der Waals surface area contributed by atoms with Crippen LogP contribution in [0.1, 0.15) is 23.2 Å². The van der Waals surface area contributed by atoms with E-state index in [0.717, 1.165) is 52.7 Å². The molecule has 0 aliphatic carbocycles. The van der Waals surface area contributed by atoms with Crippen LogP contribution in [0.4, 0.5) is 13.2 Å². The standard InChI is InChI=1S/C27H29F3N4O2S2/c1-17-12-33(14-22(35)15-36-23-7-8-25-24(11-23)31-18(2)38-25)9-10-34(17)13-21-16-37-26(32-21)19-3-5-20(6-4-19)27(28,29)30/h3-8,11,16-17,22,35H,9-10,12-15H2,1-2H3/t17-,22+/m0/s1. The molecule has 38 heavy (non-hydrogen) atoms. The minimum absolute atomic E-state index is 0.217. The van der Waals surface area contributed by atoms with E-state index in [-0.39, 0.29) is 12.6 Å². The molecule has 0 radical (unpaired) electrons. The van der Waals surface area contributed by atoms with Crippen LogP contribution in [0.2, 0.25) is 0 Å². The van der Waals surface area contributed by atoms with Gasteiger partial charge in [-0.05, 0) is 38.1 Å². The Morgan fingerprint density at radius 2 is 1.92 bits per heavy atom. The molecular weight excluding hydrogens is 533 g/mol. The first-order valence-electron chi connectivity index (χ1n) is 12.4. The lowest BCUT2D eigenvalue weighted by Crippen LogP contribution is -2.53. The number of aryl methyl sites for hydroxylation is 1. The quantitative estimate of drug-likeness (QED) is 0.298. The SMILES string of the molecule is Cc1nc2cc(OC[C@H](O)CN3CCN(Cc4csc(-c5ccc(C(F)(F)F)cc5)n4)[C@@H](C)C3)ccc2s1. The lowest BCUT2D eigenvalue weighted by molar-refractivity contribution is -0.137. The molecule has 3 heterocycles. The highest BCUT2D eigenvalue weighted by molar-refractivity contribution is 7.18. The van der Waals surface area contributed by atoms with Crippen molar-refractivity contribution in [2.24, 2.45) is 0 Å². The third-order valence-corrected chi connectivity index (χ3v) is 8.49. The van der Waals surface area contributed by atoms with Crippen molar-refractivity contribution in [1.82, 2.24) is 19.8 Å². The molecule has 4 aromatic rings. The number of aromatic nitrogens is 2. The minimum Gasteiger partial charge on any atom is -0.491 e. The molecule has 1 aliphatic heterocycles. The Hall–Kier alpha value is -2.57. The third-order valence-electron chi connectivity index (χ3n) is 6.60. The number of hydrogen-bond donors (Lipinski definition) is 1. The number of hydrogen-bond acceptors (Lipinski definition) is 8. The van der Waals surface area contributed by atoms with Gasteiger partial charge in [0.25, 0.3) is 0 Å². The zero-order valence-electron chi connectivity index (χ0n) is 21.1. The van der Waals surface area contributed by atoms with Gasteiger partial charge in [-0.1, -0.05) is 12.1 Å². The van der Waals surface area contributed by atoms with Gasteiger partial charge >= 0.3 is 6.18 Å². The Balaban J connectivity index is 1.09. The Bertz CT molecular complexity index is 1370. The summed E-state index contributed by atoms with van der Waals surface area (Å²) >= 11 is 3.09. The van der Waals surface area contributed by atoms with E-state index in [0.29, 0.717) is 29.4 Å². The van der Waals surface area contributed by atoms with E-state index in [1.165, 1.54) is 23.5 Å². The molecule has 1 fully saturated rings. The van der Waals surface area contributed by atoms with Crippen LogP contribution < -0.4 is 4.74 Å². The Morgan fingerprint density at radius 1 is 1.13 bits per heavy atom. The Kier molecular flexibility index (Phi) is 8.01. The van der Waals surface area contributed by atoms with Crippen molar-refractivity contribution in [3.05, 3.63) is 64.1 Å². The van der Waals surface area contributed by atoms with Gasteiger partial charge in [0.1, 0.15) is 23.5 Å². The lowest BCUT2D eigenvalue weighted by Gasteiger charge is -2.40. The summed E-state index contributed by atoms with van der Waals surface area (Å²) in [7, 11) is 0. The normalized spacial score (nSPS) is 18.2. The molecule has 2 atom stereocenters. The summed E-state index contributed by atoms with van der Waals surface area (Å²) in [6.07, 6.45) is -4.95. The van der Waals surface area contributed by atoms with Gasteiger partial charge in [0, 0.05) is 55.8 Å². The topological polar surface area (TPSA) is 61.7 Å². The number of benzene rings is 2. The average molecular weight is 563 g/mol. The molecule has 1 saturated heterocycles. The predicted octanol–water partition coefficient (Wildman–Crippen LogP) is 5.69. The van der Waals surface area contributed by atoms with Crippen LogP contribution in [0.5, 0.6) is 5.75 Å². The van der Waals surface area contributed by atoms with E-state index in [1.807, 2.05) is 30.5 Å². The van der Waals surface area contributed by atoms with Crippen LogP contribution in [0, 0.1) is 6.92 Å². The first-order valence-corrected chi connectivity index (χ1v) is 14.1. The number of halogens is 3. The van der Waals surface area contributed by atoms with Crippen LogP contribution >= 0.6 is 22.7 Å². The van der Waals surface area contributed by atoms with Gasteiger partial charge in [0.05, 0.1) is 26.5 Å². The second kappa shape index (κ2) is 11.3. The zero-order valence-corrected chi connectivity index (χ0v) is 22.7. The van der Waals surface area contributed by atoms with Crippen LogP contribution in [-0.2, 0) is 12.7 Å². The number of β-amino-alcohol motifs (C(OH)–C–C–N with tert-alkyl or cyclic N) is 1. The molecule has 1 N–H and O–H groups in total. The van der Waals surface area contributed by atoms with Crippen molar-refractivity contribution >= 4 is 32.9 Å². The van der Waals surface area contributed by atoms with Gasteiger partial charge in [-0.15, -0.1) is 22.7 Å². The summed E-state index contributed by atoms with van der Waals surface area (Å²) in [5.41, 5.74) is 1.85. The Morgan fingerprint density at radius 3 is 2.66 bits per heavy atom. The van der Waals surface area contributed by atoms with Crippen molar-refractivity contribution < 1.29 is 23.0 Å². The van der Waals surface area contributed by atoms with Crippen molar-refractivity contribution in [2.75, 3.05) is 32.8 Å². The van der Waals surface area contributed by atoms with Crippen molar-refractivity contribution in [3.63, 3.8) is 0 Å². The van der Waals surface area contributed by atoms with Gasteiger partial charge in [-0.3, -0.25) is 9.80 Å². The molecule has 202 valence electrons. The number of nitrogens with zero attached hydrogens (tertiary/aromatic N) is 4. The first-order chi connectivity index (χ1) is 18.1.